The number of benzene rings is 2. The minimum atomic E-state index is -4.67. The molecule has 168 valence electrons. The molecule has 0 saturated carbocycles. The number of nitrogens with one attached hydrogen (secondary N) is 1. The standard InChI is InChI=1S/C22H21F3N4O3/c1-28(2)15-8-9-18(17(14-15)22(23,24)25)26-21(31)19-10-11-20(30)29(27-19)12-13-32-16-6-4-3-5-7-16/h3-11,14H,12-13H2,1-2H3,(H,26,31). The van der Waals surface area contributed by atoms with Crippen LogP contribution in [0.1, 0.15) is 16.1 Å². The minimum absolute atomic E-state index is 0.0557. The highest BCUT2D eigenvalue weighted by Crippen LogP contribution is 2.37. The van der Waals surface area contributed by atoms with Gasteiger partial charge in [0.15, 0.2) is 0 Å². The van der Waals surface area contributed by atoms with E-state index in [2.05, 4.69) is 10.4 Å². The van der Waals surface area contributed by atoms with E-state index in [0.29, 0.717) is 11.4 Å². The molecule has 32 heavy (non-hydrogen) atoms. The highest BCUT2D eigenvalue weighted by Gasteiger charge is 2.34. The monoisotopic (exact) mass is 446 g/mol. The number of alkyl halides is 3. The third kappa shape index (κ3) is 5.65. The van der Waals surface area contributed by atoms with Crippen LogP contribution in [0.4, 0.5) is 24.5 Å². The molecule has 2 aromatic carbocycles. The third-order valence-electron chi connectivity index (χ3n) is 4.49. The zero-order valence-electron chi connectivity index (χ0n) is 17.4. The van der Waals surface area contributed by atoms with Crippen molar-refractivity contribution in [1.29, 1.82) is 0 Å². The first-order valence-electron chi connectivity index (χ1n) is 9.61. The van der Waals surface area contributed by atoms with Crippen LogP contribution in [0, 0.1) is 0 Å². The molecule has 0 bridgehead atoms. The first kappa shape index (κ1) is 22.9. The molecule has 0 aliphatic carbocycles. The van der Waals surface area contributed by atoms with Crippen LogP contribution < -0.4 is 20.5 Å². The molecule has 0 spiro atoms. The summed E-state index contributed by atoms with van der Waals surface area (Å²) in [5.41, 5.74) is -1.72. The Labute approximate surface area is 182 Å². The van der Waals surface area contributed by atoms with E-state index in [4.69, 9.17) is 4.74 Å². The first-order valence-corrected chi connectivity index (χ1v) is 9.61. The van der Waals surface area contributed by atoms with Crippen LogP contribution in [0.2, 0.25) is 0 Å². The van der Waals surface area contributed by atoms with Gasteiger partial charge in [0.2, 0.25) is 0 Å². The molecule has 10 heteroatoms. The van der Waals surface area contributed by atoms with Crippen molar-refractivity contribution in [3.8, 4) is 5.75 Å². The van der Waals surface area contributed by atoms with Crippen molar-refractivity contribution in [2.24, 2.45) is 0 Å². The number of halogens is 3. The molecule has 0 aliphatic rings. The highest BCUT2D eigenvalue weighted by molar-refractivity contribution is 6.03. The van der Waals surface area contributed by atoms with E-state index in [1.807, 2.05) is 6.07 Å². The van der Waals surface area contributed by atoms with Crippen molar-refractivity contribution in [3.05, 3.63) is 82.3 Å². The number of nitrogens with zero attached hydrogens (tertiary/aromatic N) is 3. The zero-order chi connectivity index (χ0) is 23.3. The van der Waals surface area contributed by atoms with E-state index < -0.39 is 28.9 Å². The molecular formula is C22H21F3N4O3. The van der Waals surface area contributed by atoms with Gasteiger partial charge in [0.1, 0.15) is 18.1 Å². The number of carbonyl (C=O) groups is 1. The lowest BCUT2D eigenvalue weighted by atomic mass is 10.1. The summed E-state index contributed by atoms with van der Waals surface area (Å²) >= 11 is 0. The van der Waals surface area contributed by atoms with Crippen molar-refractivity contribution >= 4 is 17.3 Å². The summed E-state index contributed by atoms with van der Waals surface area (Å²) in [5, 5.41) is 6.20. The van der Waals surface area contributed by atoms with Gasteiger partial charge < -0.3 is 15.0 Å². The lowest BCUT2D eigenvalue weighted by molar-refractivity contribution is -0.136. The number of ether oxygens (including phenoxy) is 1. The van der Waals surface area contributed by atoms with Crippen LogP contribution in [0.3, 0.4) is 0 Å². The second kappa shape index (κ2) is 9.54. The molecule has 0 fully saturated rings. The topological polar surface area (TPSA) is 76.5 Å². The smallest absolute Gasteiger partial charge is 0.418 e. The van der Waals surface area contributed by atoms with Crippen molar-refractivity contribution in [3.63, 3.8) is 0 Å². The van der Waals surface area contributed by atoms with Gasteiger partial charge in [-0.05, 0) is 36.4 Å². The summed E-state index contributed by atoms with van der Waals surface area (Å²) in [6.07, 6.45) is -4.67. The van der Waals surface area contributed by atoms with Crippen LogP contribution in [0.5, 0.6) is 5.75 Å². The molecule has 1 heterocycles. The Balaban J connectivity index is 1.77. The fourth-order valence-corrected chi connectivity index (χ4v) is 2.84. The summed E-state index contributed by atoms with van der Waals surface area (Å²) in [5.74, 6) is -0.263. The van der Waals surface area contributed by atoms with Gasteiger partial charge in [-0.15, -0.1) is 0 Å². The van der Waals surface area contributed by atoms with Gasteiger partial charge in [-0.2, -0.15) is 18.3 Å². The van der Waals surface area contributed by atoms with Gasteiger partial charge in [-0.1, -0.05) is 18.2 Å². The van der Waals surface area contributed by atoms with Crippen LogP contribution in [0.25, 0.3) is 0 Å². The predicted molar refractivity (Wildman–Crippen MR) is 114 cm³/mol. The van der Waals surface area contributed by atoms with E-state index in [9.17, 15) is 22.8 Å². The molecule has 7 nitrogen and oxygen atoms in total. The summed E-state index contributed by atoms with van der Waals surface area (Å²) in [6.45, 7) is 0.173. The van der Waals surface area contributed by atoms with E-state index in [-0.39, 0.29) is 18.8 Å². The Morgan fingerprint density at radius 3 is 2.47 bits per heavy atom. The van der Waals surface area contributed by atoms with Gasteiger partial charge in [-0.25, -0.2) is 4.68 Å². The fraction of sp³-hybridized carbons (Fsp3) is 0.227. The number of carbonyl (C=O) groups excluding carboxylic acids is 1. The lowest BCUT2D eigenvalue weighted by Gasteiger charge is -2.18. The molecule has 1 aromatic heterocycles. The van der Waals surface area contributed by atoms with Crippen LogP contribution in [0.15, 0.2) is 65.5 Å². The van der Waals surface area contributed by atoms with Gasteiger partial charge in [0.05, 0.1) is 17.8 Å². The first-order chi connectivity index (χ1) is 15.1. The fourth-order valence-electron chi connectivity index (χ4n) is 2.84. The molecule has 0 aliphatic heterocycles. The molecule has 3 aromatic rings. The molecule has 0 radical (unpaired) electrons. The molecular weight excluding hydrogens is 425 g/mol. The molecule has 3 rings (SSSR count). The zero-order valence-corrected chi connectivity index (χ0v) is 17.4. The summed E-state index contributed by atoms with van der Waals surface area (Å²) in [6, 6.07) is 14.8. The van der Waals surface area contributed by atoms with E-state index in [1.54, 1.807) is 38.4 Å². The second-order valence-corrected chi connectivity index (χ2v) is 7.02. The number of hydrogen-bond donors (Lipinski definition) is 1. The Kier molecular flexibility index (Phi) is 6.82. The summed E-state index contributed by atoms with van der Waals surface area (Å²) in [7, 11) is 3.23. The van der Waals surface area contributed by atoms with Crippen molar-refractivity contribution < 1.29 is 22.7 Å². The maximum Gasteiger partial charge on any atom is 0.418 e. The summed E-state index contributed by atoms with van der Waals surface area (Å²) in [4.78, 5) is 26.1. The van der Waals surface area contributed by atoms with Gasteiger partial charge >= 0.3 is 6.18 Å². The number of hydrogen-bond acceptors (Lipinski definition) is 5. The number of para-hydroxylation sites is 1. The predicted octanol–water partition coefficient (Wildman–Crippen LogP) is 3.66. The highest BCUT2D eigenvalue weighted by atomic mass is 19.4. The average Bonchev–Trinajstić information content (AvgIpc) is 2.75. The van der Waals surface area contributed by atoms with Gasteiger partial charge in [-0.3, -0.25) is 9.59 Å². The van der Waals surface area contributed by atoms with Gasteiger partial charge in [0, 0.05) is 25.8 Å². The molecule has 1 amide bonds. The quantitative estimate of drug-likeness (QED) is 0.600. The number of aromatic nitrogens is 2. The Hall–Kier alpha value is -3.82. The van der Waals surface area contributed by atoms with Crippen LogP contribution in [-0.2, 0) is 12.7 Å². The Morgan fingerprint density at radius 1 is 1.09 bits per heavy atom. The number of rotatable bonds is 7. The SMILES string of the molecule is CN(C)c1ccc(NC(=O)c2ccc(=O)n(CCOc3ccccc3)n2)c(C(F)(F)F)c1. The third-order valence-corrected chi connectivity index (χ3v) is 4.49. The number of anilines is 2. The molecule has 1 N–H and O–H groups in total. The maximum atomic E-state index is 13.5. The number of amides is 1. The molecule has 0 atom stereocenters. The maximum absolute atomic E-state index is 13.5. The Bertz CT molecular complexity index is 1150. The van der Waals surface area contributed by atoms with Crippen molar-refractivity contribution in [2.45, 2.75) is 12.7 Å². The van der Waals surface area contributed by atoms with E-state index in [0.717, 1.165) is 22.9 Å². The van der Waals surface area contributed by atoms with Crippen LogP contribution in [-0.4, -0.2) is 36.4 Å². The largest absolute Gasteiger partial charge is 0.492 e. The van der Waals surface area contributed by atoms with E-state index in [1.165, 1.54) is 17.0 Å². The van der Waals surface area contributed by atoms with Crippen molar-refractivity contribution in [1.82, 2.24) is 9.78 Å². The average molecular weight is 446 g/mol. The van der Waals surface area contributed by atoms with E-state index >= 15 is 0 Å². The van der Waals surface area contributed by atoms with Gasteiger partial charge in [0.25, 0.3) is 11.5 Å². The molecule has 0 unspecified atom stereocenters. The lowest BCUT2D eigenvalue weighted by Crippen LogP contribution is -2.28. The molecule has 0 saturated heterocycles. The Morgan fingerprint density at radius 2 is 1.81 bits per heavy atom. The second-order valence-electron chi connectivity index (χ2n) is 7.02. The van der Waals surface area contributed by atoms with Crippen molar-refractivity contribution in [2.75, 3.05) is 30.9 Å². The normalized spacial score (nSPS) is 11.2. The summed E-state index contributed by atoms with van der Waals surface area (Å²) < 4.78 is 47.0. The van der Waals surface area contributed by atoms with Crippen LogP contribution >= 0.6 is 0 Å². The minimum Gasteiger partial charge on any atom is -0.492 e.